The second kappa shape index (κ2) is 11.3. The molecule has 6 nitrogen and oxygen atoms in total. The van der Waals surface area contributed by atoms with Gasteiger partial charge in [0.2, 0.25) is 5.91 Å². The van der Waals surface area contributed by atoms with Gasteiger partial charge < -0.3 is 20.3 Å². The number of hydrogen-bond donors (Lipinski definition) is 3. The minimum absolute atomic E-state index is 0.00513. The predicted octanol–water partition coefficient (Wildman–Crippen LogP) is 3.08. The van der Waals surface area contributed by atoms with Crippen molar-refractivity contribution < 1.29 is 24.5 Å². The van der Waals surface area contributed by atoms with Crippen LogP contribution in [0.5, 0.6) is 11.5 Å². The minimum Gasteiger partial charge on any atom is -0.508 e. The first-order valence-electron chi connectivity index (χ1n) is 8.33. The van der Waals surface area contributed by atoms with Crippen molar-refractivity contribution in [2.24, 2.45) is 0 Å². The predicted molar refractivity (Wildman–Crippen MR) is 93.0 cm³/mol. The second-order valence-electron chi connectivity index (χ2n) is 5.22. The van der Waals surface area contributed by atoms with E-state index in [9.17, 15) is 19.8 Å². The van der Waals surface area contributed by atoms with Gasteiger partial charge in [-0.05, 0) is 37.8 Å². The summed E-state index contributed by atoms with van der Waals surface area (Å²) in [5, 5.41) is 21.6. The lowest BCUT2D eigenvalue weighted by atomic mass is 9.95. The van der Waals surface area contributed by atoms with Gasteiger partial charge in [-0.15, -0.1) is 0 Å². The summed E-state index contributed by atoms with van der Waals surface area (Å²) < 4.78 is 4.82. The molecule has 0 aromatic heterocycles. The number of rotatable bonds is 7. The van der Waals surface area contributed by atoms with Gasteiger partial charge in [0.25, 0.3) is 0 Å². The van der Waals surface area contributed by atoms with E-state index in [1.54, 1.807) is 19.9 Å². The van der Waals surface area contributed by atoms with Crippen LogP contribution in [0, 0.1) is 0 Å². The maximum absolute atomic E-state index is 11.8. The average Bonchev–Trinajstić information content (AvgIpc) is 2.54. The van der Waals surface area contributed by atoms with Crippen LogP contribution in [0.15, 0.2) is 18.2 Å². The van der Waals surface area contributed by atoms with Crippen molar-refractivity contribution in [2.45, 2.75) is 59.4 Å². The molecule has 0 spiro atoms. The summed E-state index contributed by atoms with van der Waals surface area (Å²) in [6.07, 6.45) is 0.741. The van der Waals surface area contributed by atoms with Gasteiger partial charge in [-0.1, -0.05) is 26.8 Å². The van der Waals surface area contributed by atoms with Crippen LogP contribution >= 0.6 is 0 Å². The van der Waals surface area contributed by atoms with Crippen molar-refractivity contribution >= 4 is 11.9 Å². The fourth-order valence-corrected chi connectivity index (χ4v) is 2.09. The van der Waals surface area contributed by atoms with Crippen LogP contribution in [-0.4, -0.2) is 34.7 Å². The number of nitrogens with one attached hydrogen (secondary N) is 1. The number of esters is 1. The van der Waals surface area contributed by atoms with E-state index in [0.29, 0.717) is 12.0 Å². The summed E-state index contributed by atoms with van der Waals surface area (Å²) in [4.78, 5) is 23.2. The zero-order chi connectivity index (χ0) is 18.7. The molecule has 1 rings (SSSR count). The van der Waals surface area contributed by atoms with E-state index in [1.165, 1.54) is 12.1 Å². The molecule has 0 saturated carbocycles. The molecule has 1 amide bonds. The summed E-state index contributed by atoms with van der Waals surface area (Å²) in [6.45, 7) is 9.44. The number of phenolic OH excluding ortho intramolecular Hbond substituents is 2. The molecule has 2 atom stereocenters. The molecule has 1 aromatic rings. The van der Waals surface area contributed by atoms with Gasteiger partial charge in [-0.25, -0.2) is 4.79 Å². The summed E-state index contributed by atoms with van der Waals surface area (Å²) in [5.41, 5.74) is 0.670. The van der Waals surface area contributed by atoms with E-state index in [4.69, 9.17) is 4.74 Å². The number of hydrogen-bond acceptors (Lipinski definition) is 5. The lowest BCUT2D eigenvalue weighted by Gasteiger charge is -2.15. The van der Waals surface area contributed by atoms with Crippen molar-refractivity contribution in [1.82, 2.24) is 5.32 Å². The number of carbonyl (C=O) groups is 2. The van der Waals surface area contributed by atoms with E-state index >= 15 is 0 Å². The molecule has 6 heteroatoms. The number of ether oxygens (including phenoxy) is 1. The highest BCUT2D eigenvalue weighted by Crippen LogP contribution is 2.31. The van der Waals surface area contributed by atoms with Gasteiger partial charge in [0.15, 0.2) is 0 Å². The topological polar surface area (TPSA) is 95.9 Å². The summed E-state index contributed by atoms with van der Waals surface area (Å²) in [7, 11) is 0. The monoisotopic (exact) mass is 339 g/mol. The quantitative estimate of drug-likeness (QED) is 0.664. The first-order valence-corrected chi connectivity index (χ1v) is 8.33. The molecule has 0 bridgehead atoms. The van der Waals surface area contributed by atoms with Crippen LogP contribution in [0.4, 0.5) is 0 Å². The first-order chi connectivity index (χ1) is 11.3. The van der Waals surface area contributed by atoms with E-state index in [1.807, 2.05) is 20.8 Å². The molecule has 0 fully saturated rings. The molecule has 0 aliphatic heterocycles. The lowest BCUT2D eigenvalue weighted by Crippen LogP contribution is -2.39. The molecule has 0 saturated heterocycles. The Kier molecular flexibility index (Phi) is 10.3. The first kappa shape index (κ1) is 21.8. The Morgan fingerprint density at radius 1 is 1.21 bits per heavy atom. The molecular weight excluding hydrogens is 310 g/mol. The van der Waals surface area contributed by atoms with Gasteiger partial charge in [-0.2, -0.15) is 0 Å². The lowest BCUT2D eigenvalue weighted by molar-refractivity contribution is -0.146. The zero-order valence-electron chi connectivity index (χ0n) is 15.1. The summed E-state index contributed by atoms with van der Waals surface area (Å²) in [6, 6.07) is 3.72. The SMILES string of the molecule is CC.CCOC(=O)C(C)NC(=O)CCC(C)c1ccc(O)cc1O. The van der Waals surface area contributed by atoms with Gasteiger partial charge in [0.1, 0.15) is 17.5 Å². The van der Waals surface area contributed by atoms with Crippen LogP contribution in [0.2, 0.25) is 0 Å². The molecule has 136 valence electrons. The van der Waals surface area contributed by atoms with Crippen molar-refractivity contribution in [1.29, 1.82) is 0 Å². The Bertz CT molecular complexity index is 530. The van der Waals surface area contributed by atoms with E-state index in [-0.39, 0.29) is 36.4 Å². The molecule has 24 heavy (non-hydrogen) atoms. The van der Waals surface area contributed by atoms with E-state index < -0.39 is 12.0 Å². The molecule has 3 N–H and O–H groups in total. The molecular formula is C18H29NO5. The molecule has 0 heterocycles. The summed E-state index contributed by atoms with van der Waals surface area (Å²) in [5.74, 6) is -0.753. The smallest absolute Gasteiger partial charge is 0.328 e. The van der Waals surface area contributed by atoms with E-state index in [2.05, 4.69) is 5.32 Å². The Morgan fingerprint density at radius 2 is 1.83 bits per heavy atom. The van der Waals surface area contributed by atoms with Crippen LogP contribution in [0.3, 0.4) is 0 Å². The number of aromatic hydroxyl groups is 2. The Hall–Kier alpha value is -2.24. The Morgan fingerprint density at radius 3 is 2.38 bits per heavy atom. The molecule has 0 aliphatic carbocycles. The average molecular weight is 339 g/mol. The number of phenols is 2. The van der Waals surface area contributed by atoms with Gasteiger partial charge >= 0.3 is 5.97 Å². The third-order valence-corrected chi connectivity index (χ3v) is 3.37. The van der Waals surface area contributed by atoms with Crippen LogP contribution < -0.4 is 5.32 Å². The third kappa shape index (κ3) is 7.35. The number of benzene rings is 1. The highest BCUT2D eigenvalue weighted by atomic mass is 16.5. The Labute approximate surface area is 143 Å². The highest BCUT2D eigenvalue weighted by Gasteiger charge is 2.18. The maximum Gasteiger partial charge on any atom is 0.328 e. The fourth-order valence-electron chi connectivity index (χ4n) is 2.09. The third-order valence-electron chi connectivity index (χ3n) is 3.37. The van der Waals surface area contributed by atoms with Crippen molar-refractivity contribution in [3.8, 4) is 11.5 Å². The van der Waals surface area contributed by atoms with Gasteiger partial charge in [0, 0.05) is 12.5 Å². The molecule has 0 radical (unpaired) electrons. The Balaban J connectivity index is 0.00000254. The minimum atomic E-state index is -0.676. The van der Waals surface area contributed by atoms with Crippen LogP contribution in [0.25, 0.3) is 0 Å². The van der Waals surface area contributed by atoms with Crippen molar-refractivity contribution in [2.75, 3.05) is 6.61 Å². The van der Waals surface area contributed by atoms with Crippen LogP contribution in [-0.2, 0) is 14.3 Å². The molecule has 0 aliphatic rings. The van der Waals surface area contributed by atoms with Gasteiger partial charge in [0.05, 0.1) is 6.61 Å². The standard InChI is InChI=1S/C16H23NO5.C2H6/c1-4-22-16(21)11(3)17-15(20)8-5-10(2)13-7-6-12(18)9-14(13)19;1-2/h6-7,9-11,18-19H,4-5,8H2,1-3H3,(H,17,20);1-2H3. The summed E-state index contributed by atoms with van der Waals surface area (Å²) >= 11 is 0. The van der Waals surface area contributed by atoms with Crippen molar-refractivity contribution in [3.05, 3.63) is 23.8 Å². The largest absolute Gasteiger partial charge is 0.508 e. The zero-order valence-corrected chi connectivity index (χ0v) is 15.1. The van der Waals surface area contributed by atoms with Gasteiger partial charge in [-0.3, -0.25) is 4.79 Å². The second-order valence-corrected chi connectivity index (χ2v) is 5.22. The normalized spacial score (nSPS) is 12.4. The number of carbonyl (C=O) groups excluding carboxylic acids is 2. The fraction of sp³-hybridized carbons (Fsp3) is 0.556. The molecule has 2 unspecified atom stereocenters. The number of amides is 1. The van der Waals surface area contributed by atoms with Crippen LogP contribution in [0.1, 0.15) is 58.9 Å². The van der Waals surface area contributed by atoms with Crippen molar-refractivity contribution in [3.63, 3.8) is 0 Å². The van der Waals surface area contributed by atoms with E-state index in [0.717, 1.165) is 0 Å². The highest BCUT2D eigenvalue weighted by molar-refractivity contribution is 5.84. The maximum atomic E-state index is 11.8. The molecule has 1 aromatic carbocycles.